The first-order valence-electron chi connectivity index (χ1n) is 15.4. The lowest BCUT2D eigenvalue weighted by Crippen LogP contribution is -2.41. The number of aromatic nitrogens is 4. The lowest BCUT2D eigenvalue weighted by Gasteiger charge is -2.23. The van der Waals surface area contributed by atoms with Gasteiger partial charge in [-0.2, -0.15) is 4.39 Å². The summed E-state index contributed by atoms with van der Waals surface area (Å²) >= 11 is 0. The predicted molar refractivity (Wildman–Crippen MR) is 167 cm³/mol. The van der Waals surface area contributed by atoms with Crippen LogP contribution in [0.15, 0.2) is 51.2 Å². The average Bonchev–Trinajstić information content (AvgIpc) is 3.68. The van der Waals surface area contributed by atoms with Crippen LogP contribution in [-0.2, 0) is 29.0 Å². The molecule has 1 fully saturated rings. The van der Waals surface area contributed by atoms with Crippen molar-refractivity contribution in [3.05, 3.63) is 80.1 Å². The van der Waals surface area contributed by atoms with Gasteiger partial charge in [-0.05, 0) is 56.4 Å². The van der Waals surface area contributed by atoms with Crippen molar-refractivity contribution in [3.8, 4) is 0 Å². The monoisotopic (exact) mass is 619 g/mol. The van der Waals surface area contributed by atoms with Crippen molar-refractivity contribution >= 4 is 29.2 Å². The molecule has 0 saturated carbocycles. The van der Waals surface area contributed by atoms with Crippen molar-refractivity contribution in [1.82, 2.24) is 24.0 Å². The fourth-order valence-electron chi connectivity index (χ4n) is 5.72. The highest BCUT2D eigenvalue weighted by Gasteiger charge is 2.27. The zero-order valence-corrected chi connectivity index (χ0v) is 25.7. The number of aliphatic imine (C=N–C) groups is 1. The number of halogens is 1. The highest BCUT2D eigenvalue weighted by Crippen LogP contribution is 2.26. The fraction of sp³-hybridized carbons (Fsp3) is 0.469. The molecule has 0 unspecified atom stereocenters. The van der Waals surface area contributed by atoms with Crippen LogP contribution in [0.3, 0.4) is 0 Å². The first-order chi connectivity index (χ1) is 21.8. The maximum atomic E-state index is 13.5. The summed E-state index contributed by atoms with van der Waals surface area (Å²) in [5.41, 5.74) is 1.26. The second kappa shape index (κ2) is 14.5. The predicted octanol–water partition coefficient (Wildman–Crippen LogP) is 3.11. The number of unbranched alkanes of at least 4 members (excludes halogenated alkanes) is 1. The molecular formula is C32H38FN7O5. The minimum absolute atomic E-state index is 0.110. The van der Waals surface area contributed by atoms with Crippen LogP contribution in [0.1, 0.15) is 66.9 Å². The SMILES string of the molecule is CCCn1c2c(c(=O)n(CCCCOC)c1=O)CC(c1ccc(N(CCCN3CCCC3=O)C(=O)c3ccc(F)nc3)nc1)=N2. The van der Waals surface area contributed by atoms with E-state index in [-0.39, 0.29) is 35.7 Å². The Bertz CT molecular complexity index is 1680. The molecule has 12 nitrogen and oxygen atoms in total. The largest absolute Gasteiger partial charge is 0.385 e. The van der Waals surface area contributed by atoms with Gasteiger partial charge in [-0.25, -0.2) is 19.8 Å². The molecule has 3 aromatic rings. The molecule has 2 amide bonds. The van der Waals surface area contributed by atoms with Gasteiger partial charge in [0.05, 0.1) is 16.8 Å². The number of hydrogen-bond acceptors (Lipinski definition) is 8. The number of rotatable bonds is 14. The van der Waals surface area contributed by atoms with Crippen molar-refractivity contribution in [1.29, 1.82) is 0 Å². The van der Waals surface area contributed by atoms with Crippen LogP contribution >= 0.6 is 0 Å². The number of nitrogens with zero attached hydrogens (tertiary/aromatic N) is 7. The summed E-state index contributed by atoms with van der Waals surface area (Å²) in [7, 11) is 1.62. The molecule has 0 N–H and O–H groups in total. The van der Waals surface area contributed by atoms with Gasteiger partial charge in [0.25, 0.3) is 11.5 Å². The van der Waals surface area contributed by atoms with Gasteiger partial charge in [0.15, 0.2) is 0 Å². The quantitative estimate of drug-likeness (QED) is 0.200. The van der Waals surface area contributed by atoms with Crippen LogP contribution < -0.4 is 16.1 Å². The maximum absolute atomic E-state index is 13.5. The van der Waals surface area contributed by atoms with E-state index in [2.05, 4.69) is 9.97 Å². The van der Waals surface area contributed by atoms with Crippen LogP contribution in [0.25, 0.3) is 0 Å². The number of carbonyl (C=O) groups is 2. The normalized spacial score (nSPS) is 14.2. The van der Waals surface area contributed by atoms with Gasteiger partial charge in [-0.15, -0.1) is 0 Å². The Morgan fingerprint density at radius 3 is 2.51 bits per heavy atom. The number of methoxy groups -OCH3 is 1. The Morgan fingerprint density at radius 2 is 1.84 bits per heavy atom. The number of fused-ring (bicyclic) bond motifs is 1. The van der Waals surface area contributed by atoms with Crippen molar-refractivity contribution < 1.29 is 18.7 Å². The van der Waals surface area contributed by atoms with Crippen LogP contribution in [0.4, 0.5) is 16.0 Å². The van der Waals surface area contributed by atoms with Crippen molar-refractivity contribution in [2.75, 3.05) is 38.3 Å². The van der Waals surface area contributed by atoms with Gasteiger partial charge in [0.1, 0.15) is 11.6 Å². The minimum atomic E-state index is -0.686. The molecule has 0 aliphatic carbocycles. The average molecular weight is 620 g/mol. The van der Waals surface area contributed by atoms with E-state index in [0.717, 1.165) is 18.9 Å². The molecule has 2 aliphatic rings. The lowest BCUT2D eigenvalue weighted by atomic mass is 10.1. The van der Waals surface area contributed by atoms with E-state index in [0.29, 0.717) is 86.9 Å². The molecule has 3 aromatic heterocycles. The molecule has 0 atom stereocenters. The van der Waals surface area contributed by atoms with Crippen LogP contribution in [-0.4, -0.2) is 74.9 Å². The van der Waals surface area contributed by atoms with E-state index in [1.54, 1.807) is 34.9 Å². The third kappa shape index (κ3) is 7.08. The molecule has 45 heavy (non-hydrogen) atoms. The van der Waals surface area contributed by atoms with Crippen LogP contribution in [0, 0.1) is 5.95 Å². The number of amides is 2. The first kappa shape index (κ1) is 31.9. The zero-order chi connectivity index (χ0) is 31.9. The van der Waals surface area contributed by atoms with Gasteiger partial charge >= 0.3 is 5.69 Å². The molecular weight excluding hydrogens is 581 g/mol. The van der Waals surface area contributed by atoms with E-state index < -0.39 is 11.9 Å². The minimum Gasteiger partial charge on any atom is -0.385 e. The summed E-state index contributed by atoms with van der Waals surface area (Å²) in [6, 6.07) is 5.99. The van der Waals surface area contributed by atoms with Gasteiger partial charge < -0.3 is 9.64 Å². The van der Waals surface area contributed by atoms with Crippen molar-refractivity contribution in [3.63, 3.8) is 0 Å². The molecule has 0 bridgehead atoms. The Morgan fingerprint density at radius 1 is 1.00 bits per heavy atom. The van der Waals surface area contributed by atoms with Gasteiger partial charge in [0, 0.05) is 77.2 Å². The summed E-state index contributed by atoms with van der Waals surface area (Å²) in [5.74, 6) is -0.211. The lowest BCUT2D eigenvalue weighted by molar-refractivity contribution is -0.127. The van der Waals surface area contributed by atoms with E-state index >= 15 is 0 Å². The summed E-state index contributed by atoms with van der Waals surface area (Å²) in [4.78, 5) is 68.5. The first-order valence-corrected chi connectivity index (χ1v) is 15.4. The van der Waals surface area contributed by atoms with Crippen molar-refractivity contribution in [2.45, 2.75) is 65.0 Å². The molecule has 5 rings (SSSR count). The Balaban J connectivity index is 1.39. The molecule has 0 aromatic carbocycles. The highest BCUT2D eigenvalue weighted by molar-refractivity contribution is 6.07. The highest BCUT2D eigenvalue weighted by atomic mass is 19.1. The number of hydrogen-bond donors (Lipinski definition) is 0. The number of likely N-dealkylation sites (tertiary alicyclic amines) is 1. The Hall–Kier alpha value is -4.52. The zero-order valence-electron chi connectivity index (χ0n) is 25.7. The van der Waals surface area contributed by atoms with Crippen molar-refractivity contribution in [2.24, 2.45) is 4.99 Å². The van der Waals surface area contributed by atoms with Gasteiger partial charge in [-0.1, -0.05) is 6.92 Å². The second-order valence-corrected chi connectivity index (χ2v) is 11.2. The summed E-state index contributed by atoms with van der Waals surface area (Å²) in [6.45, 7) is 4.77. The molecule has 2 aliphatic heterocycles. The molecule has 0 radical (unpaired) electrons. The molecule has 238 valence electrons. The fourth-order valence-corrected chi connectivity index (χ4v) is 5.72. The van der Waals surface area contributed by atoms with E-state index in [1.807, 2.05) is 6.92 Å². The van der Waals surface area contributed by atoms with Crippen LogP contribution in [0.5, 0.6) is 0 Å². The Kier molecular flexibility index (Phi) is 10.3. The number of anilines is 1. The molecule has 1 saturated heterocycles. The number of ether oxygens (including phenoxy) is 1. The van der Waals surface area contributed by atoms with E-state index in [4.69, 9.17) is 9.73 Å². The standard InChI is InChI=1S/C32H38FN7O5/c1-3-13-39-29-24(31(43)40(32(39)44)16-4-5-18-45-2)19-25(36-29)22-10-12-27(35-20-22)38(17-7-15-37-14-6-8-28(37)41)30(42)23-9-11-26(33)34-21-23/h9-12,20-21H,3-8,13-19H2,1-2H3. The van der Waals surface area contributed by atoms with E-state index in [1.165, 1.54) is 21.7 Å². The van der Waals surface area contributed by atoms with Gasteiger partial charge in [-0.3, -0.25) is 28.4 Å². The summed E-state index contributed by atoms with van der Waals surface area (Å²) in [5, 5.41) is 0. The maximum Gasteiger partial charge on any atom is 0.332 e. The van der Waals surface area contributed by atoms with E-state index in [9.17, 15) is 23.6 Å². The number of carbonyl (C=O) groups excluding carboxylic acids is 2. The third-order valence-electron chi connectivity index (χ3n) is 8.06. The van der Waals surface area contributed by atoms with Crippen LogP contribution in [0.2, 0.25) is 0 Å². The topological polar surface area (TPSA) is 132 Å². The third-order valence-corrected chi connectivity index (χ3v) is 8.06. The second-order valence-electron chi connectivity index (χ2n) is 11.2. The molecule has 0 spiro atoms. The summed E-state index contributed by atoms with van der Waals surface area (Å²) in [6.07, 6.45) is 7.02. The Labute approximate surface area is 260 Å². The smallest absolute Gasteiger partial charge is 0.332 e. The number of pyridine rings is 2. The summed E-state index contributed by atoms with van der Waals surface area (Å²) < 4.78 is 21.4. The van der Waals surface area contributed by atoms with Gasteiger partial charge in [0.2, 0.25) is 11.9 Å². The molecule has 5 heterocycles. The molecule has 13 heteroatoms.